The minimum atomic E-state index is -0.00750. The molecular weight excluding hydrogens is 274 g/mol. The molecule has 1 fully saturated rings. The normalized spacial score (nSPS) is 16.5. The summed E-state index contributed by atoms with van der Waals surface area (Å²) in [7, 11) is 0. The molecule has 1 amide bonds. The van der Waals surface area contributed by atoms with Crippen LogP contribution in [0.1, 0.15) is 12.8 Å². The zero-order valence-electron chi connectivity index (χ0n) is 11.6. The van der Waals surface area contributed by atoms with Gasteiger partial charge in [0.25, 0.3) is 0 Å². The summed E-state index contributed by atoms with van der Waals surface area (Å²) in [5, 5.41) is 14.1. The summed E-state index contributed by atoms with van der Waals surface area (Å²) in [6, 6.07) is 6.92. The number of nitrogens with zero attached hydrogens (tertiary/aromatic N) is 1. The standard InChI is InChI=1S/C14H19N3O4/c15-13(17-19)9-21-12-3-1-11(2-4-12)16-14(18)10-5-7-20-8-6-10/h1-4,10,19H,5-9H2,(H2,15,17)(H,16,18). The van der Waals surface area contributed by atoms with Gasteiger partial charge in [0, 0.05) is 24.8 Å². The SMILES string of the molecule is NC(COc1ccc(NC(=O)C2CCOCC2)cc1)=NO. The molecular formula is C14H19N3O4. The number of carbonyl (C=O) groups is 1. The van der Waals surface area contributed by atoms with E-state index in [9.17, 15) is 4.79 Å². The average Bonchev–Trinajstić information content (AvgIpc) is 2.54. The number of anilines is 1. The van der Waals surface area contributed by atoms with E-state index in [1.807, 2.05) is 0 Å². The van der Waals surface area contributed by atoms with Gasteiger partial charge in [0.05, 0.1) is 0 Å². The van der Waals surface area contributed by atoms with Gasteiger partial charge in [-0.1, -0.05) is 5.16 Å². The molecule has 0 spiro atoms. The van der Waals surface area contributed by atoms with Gasteiger partial charge >= 0.3 is 0 Å². The monoisotopic (exact) mass is 293 g/mol. The number of rotatable bonds is 5. The Morgan fingerprint density at radius 3 is 2.67 bits per heavy atom. The van der Waals surface area contributed by atoms with Gasteiger partial charge < -0.3 is 25.7 Å². The fourth-order valence-electron chi connectivity index (χ4n) is 2.02. The topological polar surface area (TPSA) is 106 Å². The highest BCUT2D eigenvalue weighted by Gasteiger charge is 2.21. The van der Waals surface area contributed by atoms with Gasteiger partial charge in [-0.15, -0.1) is 0 Å². The first-order valence-electron chi connectivity index (χ1n) is 6.77. The molecule has 0 atom stereocenters. The molecule has 114 valence electrons. The van der Waals surface area contributed by atoms with Crippen LogP contribution in [0.3, 0.4) is 0 Å². The van der Waals surface area contributed by atoms with Crippen LogP contribution in [0.4, 0.5) is 5.69 Å². The number of hydrogen-bond donors (Lipinski definition) is 3. The van der Waals surface area contributed by atoms with Crippen molar-refractivity contribution >= 4 is 17.4 Å². The second-order valence-corrected chi connectivity index (χ2v) is 4.78. The van der Waals surface area contributed by atoms with Gasteiger partial charge in [-0.2, -0.15) is 0 Å². The Balaban J connectivity index is 1.85. The van der Waals surface area contributed by atoms with E-state index in [1.165, 1.54) is 0 Å². The number of nitrogens with two attached hydrogens (primary N) is 1. The Morgan fingerprint density at radius 1 is 1.38 bits per heavy atom. The molecule has 0 unspecified atom stereocenters. The van der Waals surface area contributed by atoms with Crippen molar-refractivity contribution in [2.75, 3.05) is 25.1 Å². The number of oxime groups is 1. The highest BCUT2D eigenvalue weighted by molar-refractivity contribution is 5.92. The summed E-state index contributed by atoms with van der Waals surface area (Å²) in [6.07, 6.45) is 1.51. The lowest BCUT2D eigenvalue weighted by molar-refractivity contribution is -0.122. The smallest absolute Gasteiger partial charge is 0.227 e. The van der Waals surface area contributed by atoms with Crippen molar-refractivity contribution in [3.05, 3.63) is 24.3 Å². The molecule has 0 aromatic heterocycles. The summed E-state index contributed by atoms with van der Waals surface area (Å²) in [6.45, 7) is 1.28. The van der Waals surface area contributed by atoms with E-state index in [-0.39, 0.29) is 24.3 Å². The predicted octanol–water partition coefficient (Wildman–Crippen LogP) is 1.18. The molecule has 1 saturated heterocycles. The first-order chi connectivity index (χ1) is 10.2. The summed E-state index contributed by atoms with van der Waals surface area (Å²) < 4.78 is 10.5. The molecule has 0 bridgehead atoms. The number of hydrogen-bond acceptors (Lipinski definition) is 5. The molecule has 0 aliphatic carbocycles. The van der Waals surface area contributed by atoms with Crippen LogP contribution in [0.25, 0.3) is 0 Å². The van der Waals surface area contributed by atoms with Gasteiger partial charge in [0.1, 0.15) is 12.4 Å². The summed E-state index contributed by atoms with van der Waals surface area (Å²) >= 11 is 0. The number of amidine groups is 1. The van der Waals surface area contributed by atoms with Crippen molar-refractivity contribution in [3.8, 4) is 5.75 Å². The molecule has 1 heterocycles. The van der Waals surface area contributed by atoms with Crippen LogP contribution in [0, 0.1) is 5.92 Å². The number of benzene rings is 1. The van der Waals surface area contributed by atoms with Crippen LogP contribution in [-0.4, -0.2) is 36.8 Å². The highest BCUT2D eigenvalue weighted by atomic mass is 16.5. The van der Waals surface area contributed by atoms with Crippen LogP contribution in [0.5, 0.6) is 5.75 Å². The molecule has 0 saturated carbocycles. The van der Waals surface area contributed by atoms with Crippen LogP contribution in [0.15, 0.2) is 29.4 Å². The lowest BCUT2D eigenvalue weighted by Gasteiger charge is -2.21. The maximum atomic E-state index is 12.0. The van der Waals surface area contributed by atoms with Gasteiger partial charge in [0.15, 0.2) is 5.84 Å². The van der Waals surface area contributed by atoms with E-state index < -0.39 is 0 Å². The maximum Gasteiger partial charge on any atom is 0.227 e. The van der Waals surface area contributed by atoms with Crippen molar-refractivity contribution in [2.24, 2.45) is 16.8 Å². The fourth-order valence-corrected chi connectivity index (χ4v) is 2.02. The molecule has 2 rings (SSSR count). The highest BCUT2D eigenvalue weighted by Crippen LogP contribution is 2.19. The third-order valence-corrected chi connectivity index (χ3v) is 3.23. The van der Waals surface area contributed by atoms with Gasteiger partial charge in [-0.05, 0) is 37.1 Å². The molecule has 21 heavy (non-hydrogen) atoms. The second-order valence-electron chi connectivity index (χ2n) is 4.78. The zero-order chi connectivity index (χ0) is 15.1. The molecule has 1 aromatic carbocycles. The van der Waals surface area contributed by atoms with E-state index in [0.717, 1.165) is 12.8 Å². The van der Waals surface area contributed by atoms with Gasteiger partial charge in [0.2, 0.25) is 5.91 Å². The van der Waals surface area contributed by atoms with Crippen LogP contribution in [-0.2, 0) is 9.53 Å². The number of ether oxygens (including phenoxy) is 2. The van der Waals surface area contributed by atoms with E-state index >= 15 is 0 Å². The summed E-state index contributed by atoms with van der Waals surface area (Å²) in [5.74, 6) is 0.594. The lowest BCUT2D eigenvalue weighted by atomic mass is 9.99. The first-order valence-corrected chi connectivity index (χ1v) is 6.77. The Hall–Kier alpha value is -2.28. The fraction of sp³-hybridized carbons (Fsp3) is 0.429. The van der Waals surface area contributed by atoms with Crippen molar-refractivity contribution in [1.29, 1.82) is 0 Å². The lowest BCUT2D eigenvalue weighted by Crippen LogP contribution is -2.28. The Morgan fingerprint density at radius 2 is 2.05 bits per heavy atom. The van der Waals surface area contributed by atoms with E-state index in [2.05, 4.69) is 10.5 Å². The third kappa shape index (κ3) is 4.64. The number of amides is 1. The van der Waals surface area contributed by atoms with Crippen molar-refractivity contribution in [1.82, 2.24) is 0 Å². The number of carbonyl (C=O) groups excluding carboxylic acids is 1. The largest absolute Gasteiger partial charge is 0.486 e. The zero-order valence-corrected chi connectivity index (χ0v) is 11.6. The van der Waals surface area contributed by atoms with Crippen LogP contribution >= 0.6 is 0 Å². The molecule has 7 heteroatoms. The molecule has 1 aliphatic rings. The first kappa shape index (κ1) is 15.1. The average molecular weight is 293 g/mol. The third-order valence-electron chi connectivity index (χ3n) is 3.23. The summed E-state index contributed by atoms with van der Waals surface area (Å²) in [5.41, 5.74) is 6.02. The molecule has 1 aromatic rings. The van der Waals surface area contributed by atoms with E-state index in [1.54, 1.807) is 24.3 Å². The summed E-state index contributed by atoms with van der Waals surface area (Å²) in [4.78, 5) is 12.0. The van der Waals surface area contributed by atoms with Gasteiger partial charge in [-0.25, -0.2) is 0 Å². The quantitative estimate of drug-likeness (QED) is 0.327. The van der Waals surface area contributed by atoms with Crippen LogP contribution < -0.4 is 15.8 Å². The molecule has 0 radical (unpaired) electrons. The maximum absolute atomic E-state index is 12.0. The molecule has 7 nitrogen and oxygen atoms in total. The van der Waals surface area contributed by atoms with Crippen molar-refractivity contribution in [3.63, 3.8) is 0 Å². The molecule has 1 aliphatic heterocycles. The predicted molar refractivity (Wildman–Crippen MR) is 77.5 cm³/mol. The minimum Gasteiger partial charge on any atom is -0.486 e. The second kappa shape index (κ2) is 7.49. The Labute approximate surface area is 122 Å². The minimum absolute atomic E-state index is 0.00425. The van der Waals surface area contributed by atoms with Crippen molar-refractivity contribution < 1.29 is 19.5 Å². The van der Waals surface area contributed by atoms with E-state index in [0.29, 0.717) is 24.7 Å². The van der Waals surface area contributed by atoms with E-state index in [4.69, 9.17) is 20.4 Å². The Bertz CT molecular complexity index is 495. The van der Waals surface area contributed by atoms with Crippen molar-refractivity contribution in [2.45, 2.75) is 12.8 Å². The number of nitrogens with one attached hydrogen (secondary N) is 1. The Kier molecular flexibility index (Phi) is 5.39. The molecule has 4 N–H and O–H groups in total. The van der Waals surface area contributed by atoms with Gasteiger partial charge in [-0.3, -0.25) is 4.79 Å². The van der Waals surface area contributed by atoms with Crippen LogP contribution in [0.2, 0.25) is 0 Å².